The van der Waals surface area contributed by atoms with Crippen LogP contribution in [-0.2, 0) is 6.54 Å². The lowest BCUT2D eigenvalue weighted by molar-refractivity contribution is 0.439. The summed E-state index contributed by atoms with van der Waals surface area (Å²) in [5.41, 5.74) is 3.10. The highest BCUT2D eigenvalue weighted by Gasteiger charge is 2.16. The van der Waals surface area contributed by atoms with Crippen LogP contribution in [0.1, 0.15) is 25.3 Å². The molecule has 0 aromatic heterocycles. The molecule has 0 aliphatic heterocycles. The van der Waals surface area contributed by atoms with Gasteiger partial charge in [-0.2, -0.15) is 0 Å². The second-order valence-electron chi connectivity index (χ2n) is 3.88. The summed E-state index contributed by atoms with van der Waals surface area (Å²) in [5, 5.41) is 9.68. The van der Waals surface area contributed by atoms with E-state index in [1.165, 1.54) is 5.56 Å². The number of hydrogen-bond donors (Lipinski definition) is 1. The number of rotatable bonds is 2. The molecule has 2 nitrogen and oxygen atoms in total. The standard InChI is InChI=1S/C13H15NO/c1-10-7-8-12(13(10)15)14-9-11-5-3-2-4-6-11/h2-6,15H,7-9H2,1H3. The number of aliphatic hydroxyl groups is 1. The van der Waals surface area contributed by atoms with Crippen molar-refractivity contribution in [1.82, 2.24) is 0 Å². The first-order chi connectivity index (χ1) is 7.27. The number of benzene rings is 1. The van der Waals surface area contributed by atoms with Crippen LogP contribution in [0.3, 0.4) is 0 Å². The number of hydrogen-bond acceptors (Lipinski definition) is 2. The van der Waals surface area contributed by atoms with Gasteiger partial charge in [0.2, 0.25) is 0 Å². The Morgan fingerprint density at radius 1 is 1.20 bits per heavy atom. The summed E-state index contributed by atoms with van der Waals surface area (Å²) in [5.74, 6) is 0.408. The molecule has 1 aromatic rings. The summed E-state index contributed by atoms with van der Waals surface area (Å²) >= 11 is 0. The number of aliphatic hydroxyl groups excluding tert-OH is 1. The van der Waals surface area contributed by atoms with Crippen LogP contribution >= 0.6 is 0 Å². The van der Waals surface area contributed by atoms with Crippen molar-refractivity contribution in [3.8, 4) is 0 Å². The van der Waals surface area contributed by atoms with Gasteiger partial charge < -0.3 is 5.11 Å². The highest BCUT2D eigenvalue weighted by molar-refractivity contribution is 6.00. The van der Waals surface area contributed by atoms with Crippen molar-refractivity contribution < 1.29 is 5.11 Å². The fourth-order valence-corrected chi connectivity index (χ4v) is 1.71. The van der Waals surface area contributed by atoms with Crippen molar-refractivity contribution in [1.29, 1.82) is 0 Å². The normalized spacial score (nSPS) is 18.9. The molecule has 0 atom stereocenters. The van der Waals surface area contributed by atoms with Crippen molar-refractivity contribution >= 4 is 5.71 Å². The fraction of sp³-hybridized carbons (Fsp3) is 0.308. The first kappa shape index (κ1) is 9.97. The quantitative estimate of drug-likeness (QED) is 0.782. The van der Waals surface area contributed by atoms with Gasteiger partial charge in [-0.05, 0) is 30.9 Å². The summed E-state index contributed by atoms with van der Waals surface area (Å²) < 4.78 is 0. The first-order valence-corrected chi connectivity index (χ1v) is 5.23. The summed E-state index contributed by atoms with van der Waals surface area (Å²) in [4.78, 5) is 4.43. The molecule has 0 bridgehead atoms. The molecule has 78 valence electrons. The van der Waals surface area contributed by atoms with Crippen LogP contribution in [0, 0.1) is 0 Å². The van der Waals surface area contributed by atoms with Crippen molar-refractivity contribution in [2.24, 2.45) is 4.99 Å². The number of nitrogens with zero attached hydrogens (tertiary/aromatic N) is 1. The van der Waals surface area contributed by atoms with Crippen LogP contribution < -0.4 is 0 Å². The minimum atomic E-state index is 0.408. The monoisotopic (exact) mass is 201 g/mol. The average Bonchev–Trinajstić information content (AvgIpc) is 2.59. The van der Waals surface area contributed by atoms with Crippen LogP contribution in [-0.4, -0.2) is 10.8 Å². The van der Waals surface area contributed by atoms with Crippen molar-refractivity contribution in [2.45, 2.75) is 26.3 Å². The van der Waals surface area contributed by atoms with Gasteiger partial charge in [0.05, 0.1) is 12.3 Å². The van der Waals surface area contributed by atoms with Gasteiger partial charge in [-0.3, -0.25) is 4.99 Å². The molecule has 2 heteroatoms. The van der Waals surface area contributed by atoms with Crippen LogP contribution in [0.4, 0.5) is 0 Å². The topological polar surface area (TPSA) is 32.6 Å². The van der Waals surface area contributed by atoms with E-state index in [4.69, 9.17) is 0 Å². The molecule has 1 aliphatic rings. The van der Waals surface area contributed by atoms with E-state index in [1.807, 2.05) is 37.3 Å². The van der Waals surface area contributed by atoms with Gasteiger partial charge in [-0.1, -0.05) is 30.3 Å². The smallest absolute Gasteiger partial charge is 0.135 e. The molecule has 15 heavy (non-hydrogen) atoms. The maximum Gasteiger partial charge on any atom is 0.135 e. The lowest BCUT2D eigenvalue weighted by Crippen LogP contribution is -1.97. The zero-order chi connectivity index (χ0) is 10.7. The Bertz CT molecular complexity index is 404. The zero-order valence-corrected chi connectivity index (χ0v) is 8.90. The van der Waals surface area contributed by atoms with E-state index in [9.17, 15) is 5.11 Å². The fourth-order valence-electron chi connectivity index (χ4n) is 1.71. The molecule has 0 heterocycles. The van der Waals surface area contributed by atoms with Crippen molar-refractivity contribution in [2.75, 3.05) is 0 Å². The Morgan fingerprint density at radius 2 is 1.93 bits per heavy atom. The molecule has 0 saturated heterocycles. The van der Waals surface area contributed by atoms with Gasteiger partial charge in [-0.15, -0.1) is 0 Å². The van der Waals surface area contributed by atoms with E-state index in [0.29, 0.717) is 12.3 Å². The summed E-state index contributed by atoms with van der Waals surface area (Å²) in [6.45, 7) is 2.62. The molecule has 0 unspecified atom stereocenters. The maximum atomic E-state index is 9.68. The summed E-state index contributed by atoms with van der Waals surface area (Å²) in [6.07, 6.45) is 1.82. The van der Waals surface area contributed by atoms with Gasteiger partial charge in [-0.25, -0.2) is 0 Å². The van der Waals surface area contributed by atoms with E-state index in [-0.39, 0.29) is 0 Å². The minimum absolute atomic E-state index is 0.408. The zero-order valence-electron chi connectivity index (χ0n) is 8.90. The second kappa shape index (κ2) is 4.30. The van der Waals surface area contributed by atoms with E-state index >= 15 is 0 Å². The van der Waals surface area contributed by atoms with E-state index < -0.39 is 0 Å². The van der Waals surface area contributed by atoms with E-state index in [2.05, 4.69) is 4.99 Å². The van der Waals surface area contributed by atoms with Crippen LogP contribution in [0.5, 0.6) is 0 Å². The third-order valence-electron chi connectivity index (χ3n) is 2.71. The lowest BCUT2D eigenvalue weighted by Gasteiger charge is -1.99. The van der Waals surface area contributed by atoms with Crippen molar-refractivity contribution in [3.05, 3.63) is 47.2 Å². The molecule has 0 amide bonds. The third kappa shape index (κ3) is 2.27. The highest BCUT2D eigenvalue weighted by atomic mass is 16.3. The summed E-state index contributed by atoms with van der Waals surface area (Å²) in [6, 6.07) is 10.1. The van der Waals surface area contributed by atoms with Gasteiger partial charge in [0.15, 0.2) is 0 Å². The predicted octanol–water partition coefficient (Wildman–Crippen LogP) is 3.25. The largest absolute Gasteiger partial charge is 0.506 e. The second-order valence-corrected chi connectivity index (χ2v) is 3.88. The van der Waals surface area contributed by atoms with Gasteiger partial charge in [0, 0.05) is 0 Å². The van der Waals surface area contributed by atoms with E-state index in [0.717, 1.165) is 24.1 Å². The lowest BCUT2D eigenvalue weighted by atomic mass is 10.2. The first-order valence-electron chi connectivity index (χ1n) is 5.23. The molecule has 0 spiro atoms. The third-order valence-corrected chi connectivity index (χ3v) is 2.71. The minimum Gasteiger partial charge on any atom is -0.506 e. The number of aliphatic imine (C=N–C) groups is 1. The maximum absolute atomic E-state index is 9.68. The van der Waals surface area contributed by atoms with Gasteiger partial charge in [0.1, 0.15) is 5.76 Å². The average molecular weight is 201 g/mol. The van der Waals surface area contributed by atoms with Gasteiger partial charge in [0.25, 0.3) is 0 Å². The molecule has 0 radical (unpaired) electrons. The molecule has 1 N–H and O–H groups in total. The van der Waals surface area contributed by atoms with E-state index in [1.54, 1.807) is 0 Å². The molecule has 0 fully saturated rings. The Hall–Kier alpha value is -1.57. The molecular formula is C13H15NO. The highest BCUT2D eigenvalue weighted by Crippen LogP contribution is 2.21. The molecule has 1 aromatic carbocycles. The van der Waals surface area contributed by atoms with Crippen LogP contribution in [0.25, 0.3) is 0 Å². The molecule has 1 aliphatic carbocycles. The predicted molar refractivity (Wildman–Crippen MR) is 62.1 cm³/mol. The van der Waals surface area contributed by atoms with Crippen LogP contribution in [0.15, 0.2) is 46.7 Å². The van der Waals surface area contributed by atoms with Crippen molar-refractivity contribution in [3.63, 3.8) is 0 Å². The van der Waals surface area contributed by atoms with Crippen LogP contribution in [0.2, 0.25) is 0 Å². The Kier molecular flexibility index (Phi) is 2.86. The van der Waals surface area contributed by atoms with Gasteiger partial charge >= 0.3 is 0 Å². The SMILES string of the molecule is CC1=C(O)C(=NCc2ccccc2)CC1. The Balaban J connectivity index is 2.08. The molecule has 2 rings (SSSR count). The Labute approximate surface area is 90.0 Å². The molecular weight excluding hydrogens is 186 g/mol. The number of allylic oxidation sites excluding steroid dienone is 2. The summed E-state index contributed by atoms with van der Waals surface area (Å²) in [7, 11) is 0. The Morgan fingerprint density at radius 3 is 2.53 bits per heavy atom. The molecule has 0 saturated carbocycles.